The van der Waals surface area contributed by atoms with Crippen molar-refractivity contribution in [3.63, 3.8) is 0 Å². The summed E-state index contributed by atoms with van der Waals surface area (Å²) < 4.78 is 5.32. The molecule has 0 N–H and O–H groups in total. The molecule has 0 aliphatic rings. The number of hydrogen-bond acceptors (Lipinski definition) is 3. The third-order valence-corrected chi connectivity index (χ3v) is 2.83. The minimum atomic E-state index is -0.0767. The van der Waals surface area contributed by atoms with Gasteiger partial charge in [-0.2, -0.15) is 0 Å². The van der Waals surface area contributed by atoms with Crippen LogP contribution in [0.4, 0.5) is 0 Å². The lowest BCUT2D eigenvalue weighted by Gasteiger charge is -1.93. The highest BCUT2D eigenvalue weighted by Crippen LogP contribution is 2.19. The molecule has 2 heterocycles. The highest BCUT2D eigenvalue weighted by Gasteiger charge is 2.07. The Labute approximate surface area is 121 Å². The maximum absolute atomic E-state index is 11.0. The van der Waals surface area contributed by atoms with Crippen molar-refractivity contribution in [2.75, 3.05) is 0 Å². The topological polar surface area (TPSA) is 43.1 Å². The largest absolute Gasteiger partial charge is 0.451 e. The second-order valence-electron chi connectivity index (χ2n) is 4.64. The molecule has 0 bridgehead atoms. The van der Waals surface area contributed by atoms with Crippen LogP contribution in [0.3, 0.4) is 0 Å². The molecule has 0 unspecified atom stereocenters. The Hall–Kier alpha value is -1.90. The molecular weight excluding hydrogens is 250 g/mol. The molecular formula is C17H23NO2. The Morgan fingerprint density at radius 3 is 2.25 bits per heavy atom. The lowest BCUT2D eigenvalue weighted by molar-refractivity contribution is 0.0988. The van der Waals surface area contributed by atoms with Crippen LogP contribution < -0.4 is 0 Å². The number of ketones is 1. The molecule has 0 atom stereocenters. The predicted molar refractivity (Wildman–Crippen MR) is 81.8 cm³/mol. The molecule has 108 valence electrons. The van der Waals surface area contributed by atoms with Crippen molar-refractivity contribution >= 4 is 5.78 Å². The van der Waals surface area contributed by atoms with E-state index in [1.54, 1.807) is 18.3 Å². The summed E-state index contributed by atoms with van der Waals surface area (Å²) in [7, 11) is 0. The lowest BCUT2D eigenvalue weighted by Crippen LogP contribution is -1.86. The van der Waals surface area contributed by atoms with E-state index >= 15 is 0 Å². The molecule has 2 aromatic rings. The molecule has 0 radical (unpaired) electrons. The Morgan fingerprint density at radius 2 is 1.80 bits per heavy atom. The van der Waals surface area contributed by atoms with Crippen molar-refractivity contribution in [2.24, 2.45) is 0 Å². The van der Waals surface area contributed by atoms with Crippen molar-refractivity contribution < 1.29 is 9.21 Å². The third-order valence-electron chi connectivity index (χ3n) is 2.83. The summed E-state index contributed by atoms with van der Waals surface area (Å²) in [4.78, 5) is 15.1. The summed E-state index contributed by atoms with van der Waals surface area (Å²) in [6.45, 7) is 5.94. The lowest BCUT2D eigenvalue weighted by atomic mass is 10.2. The van der Waals surface area contributed by atoms with Crippen LogP contribution in [0.25, 0.3) is 11.5 Å². The number of nitrogens with zero attached hydrogens (tertiary/aromatic N) is 1. The fraction of sp³-hybridized carbons (Fsp3) is 0.412. The summed E-state index contributed by atoms with van der Waals surface area (Å²) >= 11 is 0. The van der Waals surface area contributed by atoms with Gasteiger partial charge in [-0.15, -0.1) is 0 Å². The van der Waals surface area contributed by atoms with Gasteiger partial charge < -0.3 is 4.42 Å². The van der Waals surface area contributed by atoms with Gasteiger partial charge in [-0.25, -0.2) is 0 Å². The second-order valence-corrected chi connectivity index (χ2v) is 4.64. The second kappa shape index (κ2) is 9.08. The van der Waals surface area contributed by atoms with Crippen LogP contribution in [0.2, 0.25) is 0 Å². The number of furan rings is 1. The number of Topliss-reactive ketones (excluding diaryl/α,β-unsaturated/α-hetero) is 1. The van der Waals surface area contributed by atoms with E-state index in [0.717, 1.165) is 5.69 Å². The molecule has 2 rings (SSSR count). The Morgan fingerprint density at radius 1 is 1.10 bits per heavy atom. The van der Waals surface area contributed by atoms with E-state index in [0.29, 0.717) is 11.5 Å². The Balaban J connectivity index is 0.000000286. The standard InChI is InChI=1S/C11H9NO2.C6H14/c1-8(13)10-5-6-11(14-10)9-4-2-3-7-12-9;1-3-5-6-4-2/h2-7H,1H3;3-6H2,1-2H3. The van der Waals surface area contributed by atoms with Crippen LogP contribution in [-0.4, -0.2) is 10.8 Å². The fourth-order valence-electron chi connectivity index (χ4n) is 1.67. The quantitative estimate of drug-likeness (QED) is 0.560. The zero-order valence-electron chi connectivity index (χ0n) is 12.6. The monoisotopic (exact) mass is 273 g/mol. The van der Waals surface area contributed by atoms with E-state index in [4.69, 9.17) is 4.42 Å². The maximum atomic E-state index is 11.0. The fourth-order valence-corrected chi connectivity index (χ4v) is 1.67. The molecule has 0 saturated heterocycles. The van der Waals surface area contributed by atoms with Gasteiger partial charge in [0.05, 0.1) is 0 Å². The average Bonchev–Trinajstić information content (AvgIpc) is 2.97. The van der Waals surface area contributed by atoms with E-state index in [1.807, 2.05) is 18.2 Å². The van der Waals surface area contributed by atoms with Crippen LogP contribution in [0.15, 0.2) is 40.9 Å². The molecule has 0 spiro atoms. The van der Waals surface area contributed by atoms with E-state index in [9.17, 15) is 4.79 Å². The highest BCUT2D eigenvalue weighted by molar-refractivity contribution is 5.91. The molecule has 0 aliphatic heterocycles. The molecule has 0 amide bonds. The summed E-state index contributed by atoms with van der Waals surface area (Å²) in [5.41, 5.74) is 0.736. The molecule has 20 heavy (non-hydrogen) atoms. The van der Waals surface area contributed by atoms with Crippen LogP contribution in [0.5, 0.6) is 0 Å². The van der Waals surface area contributed by atoms with E-state index in [-0.39, 0.29) is 5.78 Å². The first-order valence-electron chi connectivity index (χ1n) is 7.21. The Kier molecular flexibility index (Phi) is 7.33. The van der Waals surface area contributed by atoms with Crippen molar-refractivity contribution in [1.82, 2.24) is 4.98 Å². The van der Waals surface area contributed by atoms with Crippen LogP contribution in [-0.2, 0) is 0 Å². The van der Waals surface area contributed by atoms with Gasteiger partial charge in [-0.05, 0) is 24.3 Å². The van der Waals surface area contributed by atoms with E-state index in [2.05, 4.69) is 18.8 Å². The molecule has 2 aromatic heterocycles. The van der Waals surface area contributed by atoms with Crippen molar-refractivity contribution in [3.05, 3.63) is 42.3 Å². The van der Waals surface area contributed by atoms with Gasteiger partial charge in [0.25, 0.3) is 0 Å². The summed E-state index contributed by atoms with van der Waals surface area (Å²) in [6, 6.07) is 8.95. The number of pyridine rings is 1. The predicted octanol–water partition coefficient (Wildman–Crippen LogP) is 5.13. The van der Waals surface area contributed by atoms with E-state index in [1.165, 1.54) is 32.6 Å². The SMILES string of the molecule is CC(=O)c1ccc(-c2ccccn2)o1.CCCCCC. The third kappa shape index (κ3) is 5.39. The van der Waals surface area contributed by atoms with Gasteiger partial charge in [0.2, 0.25) is 0 Å². The first kappa shape index (κ1) is 16.2. The Bertz CT molecular complexity index is 499. The van der Waals surface area contributed by atoms with Gasteiger partial charge >= 0.3 is 0 Å². The zero-order valence-corrected chi connectivity index (χ0v) is 12.6. The minimum absolute atomic E-state index is 0.0767. The van der Waals surface area contributed by atoms with Crippen LogP contribution >= 0.6 is 0 Å². The van der Waals surface area contributed by atoms with Gasteiger partial charge in [-0.3, -0.25) is 9.78 Å². The molecule has 3 heteroatoms. The van der Waals surface area contributed by atoms with Gasteiger partial charge in [0, 0.05) is 13.1 Å². The number of carbonyl (C=O) groups is 1. The number of hydrogen-bond donors (Lipinski definition) is 0. The molecule has 0 aliphatic carbocycles. The smallest absolute Gasteiger partial charge is 0.194 e. The molecule has 3 nitrogen and oxygen atoms in total. The first-order chi connectivity index (χ1) is 9.69. The summed E-state index contributed by atoms with van der Waals surface area (Å²) in [5.74, 6) is 0.911. The average molecular weight is 273 g/mol. The summed E-state index contributed by atoms with van der Waals surface area (Å²) in [5, 5.41) is 0. The van der Waals surface area contributed by atoms with Crippen LogP contribution in [0.1, 0.15) is 57.0 Å². The number of carbonyl (C=O) groups excluding carboxylic acids is 1. The first-order valence-corrected chi connectivity index (χ1v) is 7.21. The van der Waals surface area contributed by atoms with Gasteiger partial charge in [0.15, 0.2) is 17.3 Å². The molecule has 0 saturated carbocycles. The van der Waals surface area contributed by atoms with Gasteiger partial charge in [0.1, 0.15) is 5.69 Å². The number of aromatic nitrogens is 1. The summed E-state index contributed by atoms with van der Waals surface area (Å²) in [6.07, 6.45) is 7.22. The van der Waals surface area contributed by atoms with Crippen molar-refractivity contribution in [3.8, 4) is 11.5 Å². The van der Waals surface area contributed by atoms with Crippen molar-refractivity contribution in [2.45, 2.75) is 46.5 Å². The number of rotatable bonds is 5. The molecule has 0 aromatic carbocycles. The highest BCUT2D eigenvalue weighted by atomic mass is 16.3. The number of unbranched alkanes of at least 4 members (excludes halogenated alkanes) is 3. The normalized spacial score (nSPS) is 9.75. The van der Waals surface area contributed by atoms with E-state index < -0.39 is 0 Å². The minimum Gasteiger partial charge on any atom is -0.451 e. The van der Waals surface area contributed by atoms with Crippen molar-refractivity contribution in [1.29, 1.82) is 0 Å². The van der Waals surface area contributed by atoms with Crippen LogP contribution in [0, 0.1) is 0 Å². The zero-order chi connectivity index (χ0) is 14.8. The maximum Gasteiger partial charge on any atom is 0.194 e. The van der Waals surface area contributed by atoms with Gasteiger partial charge in [-0.1, -0.05) is 45.6 Å². The molecule has 0 fully saturated rings.